The van der Waals surface area contributed by atoms with Gasteiger partial charge in [0.15, 0.2) is 0 Å². The molecular weight excluding hydrogens is 298 g/mol. The van der Waals surface area contributed by atoms with Crippen LogP contribution in [0.15, 0.2) is 0 Å². The van der Waals surface area contributed by atoms with Gasteiger partial charge in [-0.2, -0.15) is 0 Å². The summed E-state index contributed by atoms with van der Waals surface area (Å²) >= 11 is 0. The Bertz CT molecular complexity index is 520. The number of rotatable bonds is 0. The van der Waals surface area contributed by atoms with Crippen LogP contribution in [-0.4, -0.2) is 34.1 Å². The van der Waals surface area contributed by atoms with E-state index in [-0.39, 0.29) is 17.6 Å². The highest BCUT2D eigenvalue weighted by atomic mass is 16.3. The summed E-state index contributed by atoms with van der Waals surface area (Å²) in [7, 11) is 0. The van der Waals surface area contributed by atoms with Gasteiger partial charge in [-0.25, -0.2) is 0 Å². The van der Waals surface area contributed by atoms with Crippen molar-refractivity contribution in [1.29, 1.82) is 0 Å². The van der Waals surface area contributed by atoms with Crippen LogP contribution >= 0.6 is 0 Å². The van der Waals surface area contributed by atoms with Gasteiger partial charge in [0, 0.05) is 19.0 Å². The number of fused-ring (bicyclic) bond motifs is 5. The molecule has 0 spiro atoms. The molecule has 1 heterocycles. The van der Waals surface area contributed by atoms with Gasteiger partial charge < -0.3 is 10.0 Å². The van der Waals surface area contributed by atoms with Crippen molar-refractivity contribution in [2.24, 2.45) is 29.1 Å². The number of hydrogen-bond donors (Lipinski definition) is 1. The van der Waals surface area contributed by atoms with Crippen LogP contribution in [0.25, 0.3) is 0 Å². The third kappa shape index (κ3) is 2.29. The molecule has 24 heavy (non-hydrogen) atoms. The third-order valence-electron chi connectivity index (χ3n) is 8.89. The SMILES string of the molecule is CC(=O)N1CCC[C@H]2[C@@H]3CC[C@@H]4C[C@H](O)CC[C@]4(C)[C@H]3CC[C@@]21C. The van der Waals surface area contributed by atoms with Gasteiger partial charge in [-0.15, -0.1) is 0 Å². The molecule has 3 nitrogen and oxygen atoms in total. The lowest BCUT2D eigenvalue weighted by molar-refractivity contribution is -0.165. The van der Waals surface area contributed by atoms with Crippen LogP contribution in [-0.2, 0) is 4.79 Å². The van der Waals surface area contributed by atoms with Gasteiger partial charge in [0.05, 0.1) is 6.10 Å². The molecule has 1 aliphatic heterocycles. The fraction of sp³-hybridized carbons (Fsp3) is 0.952. The number of carbonyl (C=O) groups excluding carboxylic acids is 1. The summed E-state index contributed by atoms with van der Waals surface area (Å²) in [6, 6.07) is 0. The predicted octanol–water partition coefficient (Wildman–Crippen LogP) is 3.99. The van der Waals surface area contributed by atoms with Crippen LogP contribution in [0.3, 0.4) is 0 Å². The molecule has 4 rings (SSSR count). The van der Waals surface area contributed by atoms with Gasteiger partial charge >= 0.3 is 0 Å². The highest BCUT2D eigenvalue weighted by Gasteiger charge is 2.59. The summed E-state index contributed by atoms with van der Waals surface area (Å²) in [6.07, 6.45) is 10.8. The average Bonchev–Trinajstić information content (AvgIpc) is 2.54. The minimum absolute atomic E-state index is 0.0589. The van der Waals surface area contributed by atoms with E-state index in [1.807, 2.05) is 0 Å². The van der Waals surface area contributed by atoms with E-state index in [2.05, 4.69) is 18.7 Å². The van der Waals surface area contributed by atoms with Crippen molar-refractivity contribution in [3.8, 4) is 0 Å². The Morgan fingerprint density at radius 3 is 2.58 bits per heavy atom. The maximum absolute atomic E-state index is 12.2. The van der Waals surface area contributed by atoms with Crippen molar-refractivity contribution in [3.05, 3.63) is 0 Å². The zero-order valence-corrected chi connectivity index (χ0v) is 15.8. The quantitative estimate of drug-likeness (QED) is 0.728. The van der Waals surface area contributed by atoms with Crippen molar-refractivity contribution >= 4 is 5.91 Å². The molecule has 4 aliphatic rings. The summed E-state index contributed by atoms with van der Waals surface area (Å²) in [4.78, 5) is 14.5. The Morgan fingerprint density at radius 2 is 1.83 bits per heavy atom. The highest BCUT2D eigenvalue weighted by molar-refractivity contribution is 5.74. The van der Waals surface area contributed by atoms with Gasteiger partial charge in [0.1, 0.15) is 0 Å². The van der Waals surface area contributed by atoms with E-state index in [0.29, 0.717) is 11.3 Å². The first-order valence-electron chi connectivity index (χ1n) is 10.3. The molecule has 3 heteroatoms. The summed E-state index contributed by atoms with van der Waals surface area (Å²) in [6.45, 7) is 7.65. The maximum atomic E-state index is 12.2. The molecule has 1 amide bonds. The zero-order valence-electron chi connectivity index (χ0n) is 15.8. The Labute approximate surface area is 147 Å². The van der Waals surface area contributed by atoms with Gasteiger partial charge in [-0.05, 0) is 93.8 Å². The molecule has 1 saturated heterocycles. The molecule has 0 aromatic rings. The lowest BCUT2D eigenvalue weighted by atomic mass is 9.45. The third-order valence-corrected chi connectivity index (χ3v) is 8.89. The van der Waals surface area contributed by atoms with Crippen LogP contribution in [0.2, 0.25) is 0 Å². The smallest absolute Gasteiger partial charge is 0.219 e. The molecule has 0 unspecified atom stereocenters. The maximum Gasteiger partial charge on any atom is 0.219 e. The Morgan fingerprint density at radius 1 is 1.04 bits per heavy atom. The summed E-state index contributed by atoms with van der Waals surface area (Å²) < 4.78 is 0. The molecular formula is C21H35NO2. The lowest BCUT2D eigenvalue weighted by Gasteiger charge is -2.64. The van der Waals surface area contributed by atoms with Crippen molar-refractivity contribution < 1.29 is 9.90 Å². The van der Waals surface area contributed by atoms with E-state index in [4.69, 9.17) is 0 Å². The van der Waals surface area contributed by atoms with Crippen molar-refractivity contribution in [1.82, 2.24) is 4.90 Å². The molecule has 3 aliphatic carbocycles. The minimum atomic E-state index is -0.0589. The molecule has 3 saturated carbocycles. The number of amides is 1. The lowest BCUT2D eigenvalue weighted by Crippen LogP contribution is -2.64. The molecule has 0 aromatic heterocycles. The van der Waals surface area contributed by atoms with Gasteiger partial charge in [-0.1, -0.05) is 6.92 Å². The molecule has 136 valence electrons. The summed E-state index contributed by atoms with van der Waals surface area (Å²) in [5.41, 5.74) is 0.532. The Kier molecular flexibility index (Phi) is 4.02. The van der Waals surface area contributed by atoms with Gasteiger partial charge in [-0.3, -0.25) is 4.79 Å². The Balaban J connectivity index is 1.63. The predicted molar refractivity (Wildman–Crippen MR) is 95.4 cm³/mol. The minimum Gasteiger partial charge on any atom is -0.393 e. The number of piperidine rings is 1. The van der Waals surface area contributed by atoms with E-state index in [1.165, 1.54) is 44.9 Å². The van der Waals surface area contributed by atoms with Crippen molar-refractivity contribution in [3.63, 3.8) is 0 Å². The fourth-order valence-electron chi connectivity index (χ4n) is 7.64. The number of carbonyl (C=O) groups is 1. The van der Waals surface area contributed by atoms with E-state index >= 15 is 0 Å². The topological polar surface area (TPSA) is 40.5 Å². The largest absolute Gasteiger partial charge is 0.393 e. The number of hydrogen-bond acceptors (Lipinski definition) is 2. The molecule has 0 radical (unpaired) electrons. The second-order valence-corrected chi connectivity index (χ2v) is 9.79. The second kappa shape index (κ2) is 5.72. The van der Waals surface area contributed by atoms with E-state index in [1.54, 1.807) is 6.92 Å². The average molecular weight is 334 g/mol. The molecule has 7 atom stereocenters. The Hall–Kier alpha value is -0.570. The van der Waals surface area contributed by atoms with Gasteiger partial charge in [0.25, 0.3) is 0 Å². The monoisotopic (exact) mass is 333 g/mol. The van der Waals surface area contributed by atoms with Crippen molar-refractivity contribution in [2.75, 3.05) is 6.54 Å². The fourth-order valence-corrected chi connectivity index (χ4v) is 7.64. The highest BCUT2D eigenvalue weighted by Crippen LogP contribution is 2.63. The first-order valence-corrected chi connectivity index (χ1v) is 10.3. The summed E-state index contributed by atoms with van der Waals surface area (Å²) in [5.74, 6) is 3.30. The first kappa shape index (κ1) is 16.9. The number of nitrogens with zero attached hydrogens (tertiary/aromatic N) is 1. The van der Waals surface area contributed by atoms with Crippen LogP contribution in [0.1, 0.15) is 78.6 Å². The van der Waals surface area contributed by atoms with Gasteiger partial charge in [0.2, 0.25) is 5.91 Å². The molecule has 1 N–H and O–H groups in total. The van der Waals surface area contributed by atoms with Crippen LogP contribution in [0, 0.1) is 29.1 Å². The van der Waals surface area contributed by atoms with Crippen LogP contribution in [0.5, 0.6) is 0 Å². The number of aliphatic hydroxyl groups excluding tert-OH is 1. The first-order chi connectivity index (χ1) is 11.4. The number of likely N-dealkylation sites (tertiary alicyclic amines) is 1. The van der Waals surface area contributed by atoms with E-state index < -0.39 is 0 Å². The normalized spacial score (nSPS) is 51.3. The van der Waals surface area contributed by atoms with Crippen molar-refractivity contribution in [2.45, 2.75) is 90.2 Å². The second-order valence-electron chi connectivity index (χ2n) is 9.79. The van der Waals surface area contributed by atoms with E-state index in [9.17, 15) is 9.90 Å². The van der Waals surface area contributed by atoms with Crippen LogP contribution < -0.4 is 0 Å². The zero-order chi connectivity index (χ0) is 17.1. The molecule has 0 aromatic carbocycles. The standard InChI is InChI=1S/C21H35NO2/c1-14(23)22-12-4-5-19-17-7-6-15-13-16(24)8-10-20(15,2)18(17)9-11-21(19,22)3/h15-19,24H,4-13H2,1-3H3/t15-,16-,17-,18+,19+,20+,21+/m1/s1. The number of aliphatic hydroxyl groups is 1. The summed E-state index contributed by atoms with van der Waals surface area (Å²) in [5, 5.41) is 10.1. The van der Waals surface area contributed by atoms with E-state index in [0.717, 1.165) is 37.1 Å². The molecule has 0 bridgehead atoms. The molecule has 4 fully saturated rings. The van der Waals surface area contributed by atoms with Crippen LogP contribution in [0.4, 0.5) is 0 Å².